The van der Waals surface area contributed by atoms with Crippen molar-refractivity contribution in [2.75, 3.05) is 11.1 Å². The maximum absolute atomic E-state index is 12.1. The fraction of sp³-hybridized carbons (Fsp3) is 0. The number of nitrogens with two attached hydrogens (primary N) is 1. The first-order valence-electron chi connectivity index (χ1n) is 5.29. The number of halogens is 3. The van der Waals surface area contributed by atoms with E-state index in [1.165, 1.54) is 6.07 Å². The smallest absolute Gasteiger partial charge is 0.257 e. The summed E-state index contributed by atoms with van der Waals surface area (Å²) in [6.07, 6.45) is 0. The van der Waals surface area contributed by atoms with E-state index in [2.05, 4.69) is 21.2 Å². The third-order valence-corrected chi connectivity index (χ3v) is 3.96. The molecule has 0 unspecified atom stereocenters. The molecule has 0 fully saturated rings. The Labute approximate surface area is 128 Å². The molecule has 0 saturated heterocycles. The Morgan fingerprint density at radius 2 is 1.84 bits per heavy atom. The van der Waals surface area contributed by atoms with Crippen molar-refractivity contribution in [2.45, 2.75) is 0 Å². The van der Waals surface area contributed by atoms with Crippen LogP contribution < -0.4 is 11.1 Å². The van der Waals surface area contributed by atoms with E-state index in [4.69, 9.17) is 28.9 Å². The summed E-state index contributed by atoms with van der Waals surface area (Å²) in [6, 6.07) is 9.87. The van der Waals surface area contributed by atoms with Crippen LogP contribution in [0.15, 0.2) is 40.9 Å². The molecule has 19 heavy (non-hydrogen) atoms. The van der Waals surface area contributed by atoms with E-state index in [-0.39, 0.29) is 5.91 Å². The average Bonchev–Trinajstić information content (AvgIpc) is 2.33. The standard InChI is InChI=1S/C13H9BrCl2N2O/c14-10-4-2-8(6-12(10)16)18-13(19)9-3-1-7(17)5-11(9)15/h1-6H,17H2,(H,18,19). The molecule has 0 atom stereocenters. The van der Waals surface area contributed by atoms with Crippen LogP contribution in [0.3, 0.4) is 0 Å². The van der Waals surface area contributed by atoms with Gasteiger partial charge in [-0.15, -0.1) is 0 Å². The molecule has 2 rings (SSSR count). The largest absolute Gasteiger partial charge is 0.399 e. The summed E-state index contributed by atoms with van der Waals surface area (Å²) in [5, 5.41) is 3.54. The number of carbonyl (C=O) groups excluding carboxylic acids is 1. The summed E-state index contributed by atoms with van der Waals surface area (Å²) in [7, 11) is 0. The van der Waals surface area contributed by atoms with Gasteiger partial charge in [0, 0.05) is 15.8 Å². The Bertz CT molecular complexity index is 647. The maximum Gasteiger partial charge on any atom is 0.257 e. The quantitative estimate of drug-likeness (QED) is 0.770. The molecule has 2 aromatic rings. The predicted octanol–water partition coefficient (Wildman–Crippen LogP) is 4.59. The minimum Gasteiger partial charge on any atom is -0.399 e. The van der Waals surface area contributed by atoms with Gasteiger partial charge >= 0.3 is 0 Å². The maximum atomic E-state index is 12.1. The Kier molecular flexibility index (Phi) is 4.34. The second-order valence-corrected chi connectivity index (χ2v) is 5.49. The number of hydrogen-bond acceptors (Lipinski definition) is 2. The monoisotopic (exact) mass is 358 g/mol. The molecule has 98 valence electrons. The highest BCUT2D eigenvalue weighted by atomic mass is 79.9. The first kappa shape index (κ1) is 14.2. The molecule has 0 bridgehead atoms. The summed E-state index contributed by atoms with van der Waals surface area (Å²) in [5.74, 6) is -0.316. The molecular weight excluding hydrogens is 351 g/mol. The van der Waals surface area contributed by atoms with Crippen LogP contribution in [-0.2, 0) is 0 Å². The average molecular weight is 360 g/mol. The lowest BCUT2D eigenvalue weighted by molar-refractivity contribution is 0.102. The van der Waals surface area contributed by atoms with Crippen molar-refractivity contribution >= 4 is 56.4 Å². The third kappa shape index (κ3) is 3.41. The van der Waals surface area contributed by atoms with Crippen LogP contribution in [0, 0.1) is 0 Å². The van der Waals surface area contributed by atoms with Crippen molar-refractivity contribution in [1.82, 2.24) is 0 Å². The van der Waals surface area contributed by atoms with E-state index in [1.54, 1.807) is 30.3 Å². The summed E-state index contributed by atoms with van der Waals surface area (Å²) in [5.41, 5.74) is 7.03. The summed E-state index contributed by atoms with van der Waals surface area (Å²) < 4.78 is 0.762. The Morgan fingerprint density at radius 1 is 1.11 bits per heavy atom. The van der Waals surface area contributed by atoms with Crippen LogP contribution in [0.25, 0.3) is 0 Å². The zero-order chi connectivity index (χ0) is 14.0. The Morgan fingerprint density at radius 3 is 2.47 bits per heavy atom. The number of amides is 1. The number of benzene rings is 2. The van der Waals surface area contributed by atoms with E-state index >= 15 is 0 Å². The van der Waals surface area contributed by atoms with Gasteiger partial charge in [0.15, 0.2) is 0 Å². The lowest BCUT2D eigenvalue weighted by Crippen LogP contribution is -2.12. The van der Waals surface area contributed by atoms with Gasteiger partial charge in [-0.2, -0.15) is 0 Å². The van der Waals surface area contributed by atoms with Crippen molar-refractivity contribution < 1.29 is 4.79 Å². The zero-order valence-electron chi connectivity index (χ0n) is 9.58. The fourth-order valence-electron chi connectivity index (χ4n) is 1.49. The zero-order valence-corrected chi connectivity index (χ0v) is 12.7. The van der Waals surface area contributed by atoms with Crippen molar-refractivity contribution in [3.05, 3.63) is 56.5 Å². The SMILES string of the molecule is Nc1ccc(C(=O)Nc2ccc(Br)c(Cl)c2)c(Cl)c1. The highest BCUT2D eigenvalue weighted by Crippen LogP contribution is 2.26. The molecule has 2 aromatic carbocycles. The second-order valence-electron chi connectivity index (χ2n) is 3.82. The van der Waals surface area contributed by atoms with Gasteiger partial charge in [-0.1, -0.05) is 23.2 Å². The highest BCUT2D eigenvalue weighted by molar-refractivity contribution is 9.10. The van der Waals surface area contributed by atoms with Crippen molar-refractivity contribution in [2.24, 2.45) is 0 Å². The van der Waals surface area contributed by atoms with Crippen molar-refractivity contribution in [3.8, 4) is 0 Å². The molecule has 0 spiro atoms. The molecule has 0 aliphatic carbocycles. The van der Waals surface area contributed by atoms with Gasteiger partial charge in [0.05, 0.1) is 15.6 Å². The third-order valence-electron chi connectivity index (χ3n) is 2.42. The van der Waals surface area contributed by atoms with Gasteiger partial charge in [-0.3, -0.25) is 4.79 Å². The normalized spacial score (nSPS) is 10.3. The summed E-state index contributed by atoms with van der Waals surface area (Å²) in [6.45, 7) is 0. The summed E-state index contributed by atoms with van der Waals surface area (Å²) >= 11 is 15.2. The highest BCUT2D eigenvalue weighted by Gasteiger charge is 2.11. The molecule has 0 saturated carbocycles. The van der Waals surface area contributed by atoms with Crippen molar-refractivity contribution in [3.63, 3.8) is 0 Å². The van der Waals surface area contributed by atoms with Crippen LogP contribution in [0.4, 0.5) is 11.4 Å². The van der Waals surface area contributed by atoms with E-state index in [9.17, 15) is 4.79 Å². The molecule has 0 heterocycles. The molecule has 0 aromatic heterocycles. The fourth-order valence-corrected chi connectivity index (χ4v) is 2.19. The van der Waals surface area contributed by atoms with Gasteiger partial charge in [0.1, 0.15) is 0 Å². The number of carbonyl (C=O) groups is 1. The van der Waals surface area contributed by atoms with E-state index < -0.39 is 0 Å². The van der Waals surface area contributed by atoms with Crippen LogP contribution in [0.2, 0.25) is 10.0 Å². The molecule has 0 radical (unpaired) electrons. The molecule has 6 heteroatoms. The minimum atomic E-state index is -0.316. The molecular formula is C13H9BrCl2N2O. The molecule has 3 nitrogen and oxygen atoms in total. The Balaban J connectivity index is 2.23. The summed E-state index contributed by atoms with van der Waals surface area (Å²) in [4.78, 5) is 12.1. The molecule has 0 aliphatic rings. The van der Waals surface area contributed by atoms with E-state index in [0.717, 1.165) is 4.47 Å². The van der Waals surface area contributed by atoms with Crippen molar-refractivity contribution in [1.29, 1.82) is 0 Å². The van der Waals surface area contributed by atoms with E-state index in [1.807, 2.05) is 0 Å². The minimum absolute atomic E-state index is 0.306. The van der Waals surface area contributed by atoms with Gasteiger partial charge in [0.25, 0.3) is 5.91 Å². The van der Waals surface area contributed by atoms with Gasteiger partial charge in [0.2, 0.25) is 0 Å². The number of rotatable bonds is 2. The lowest BCUT2D eigenvalue weighted by Gasteiger charge is -2.08. The number of nitrogen functional groups attached to an aromatic ring is 1. The van der Waals surface area contributed by atoms with Crippen LogP contribution in [-0.4, -0.2) is 5.91 Å². The second kappa shape index (κ2) is 5.82. The van der Waals surface area contributed by atoms with Crippen LogP contribution in [0.5, 0.6) is 0 Å². The topological polar surface area (TPSA) is 55.1 Å². The molecule has 0 aliphatic heterocycles. The number of hydrogen-bond donors (Lipinski definition) is 2. The van der Waals surface area contributed by atoms with Gasteiger partial charge in [-0.05, 0) is 52.3 Å². The van der Waals surface area contributed by atoms with Crippen LogP contribution in [0.1, 0.15) is 10.4 Å². The molecule has 1 amide bonds. The van der Waals surface area contributed by atoms with Crippen LogP contribution >= 0.6 is 39.1 Å². The van der Waals surface area contributed by atoms with Gasteiger partial charge < -0.3 is 11.1 Å². The Hall–Kier alpha value is -1.23. The first-order valence-corrected chi connectivity index (χ1v) is 6.83. The number of nitrogens with one attached hydrogen (secondary N) is 1. The number of anilines is 2. The predicted molar refractivity (Wildman–Crippen MR) is 83.0 cm³/mol. The van der Waals surface area contributed by atoms with E-state index in [0.29, 0.717) is 27.0 Å². The van der Waals surface area contributed by atoms with Gasteiger partial charge in [-0.25, -0.2) is 0 Å². The first-order chi connectivity index (χ1) is 8.97. The molecule has 3 N–H and O–H groups in total. The lowest BCUT2D eigenvalue weighted by atomic mass is 10.2.